The highest BCUT2D eigenvalue weighted by Crippen LogP contribution is 2.18. The molecule has 16 heavy (non-hydrogen) atoms. The number of hydrogen-bond donors (Lipinski definition) is 1. The van der Waals surface area contributed by atoms with Crippen LogP contribution >= 0.6 is 0 Å². The van der Waals surface area contributed by atoms with Crippen molar-refractivity contribution in [2.45, 2.75) is 26.3 Å². The molecule has 0 saturated heterocycles. The van der Waals surface area contributed by atoms with Crippen LogP contribution in [0.4, 0.5) is 4.39 Å². The predicted molar refractivity (Wildman–Crippen MR) is 62.7 cm³/mol. The Hall–Kier alpha value is -1.42. The molecule has 86 valence electrons. The van der Waals surface area contributed by atoms with Gasteiger partial charge in [0.05, 0.1) is 11.0 Å². The number of imidazole rings is 1. The Morgan fingerprint density at radius 1 is 1.44 bits per heavy atom. The van der Waals surface area contributed by atoms with E-state index in [0.717, 1.165) is 36.2 Å². The van der Waals surface area contributed by atoms with E-state index in [1.54, 1.807) is 6.07 Å². The maximum Gasteiger partial charge on any atom is 0.125 e. The molecule has 2 N–H and O–H groups in total. The molecule has 0 saturated carbocycles. The summed E-state index contributed by atoms with van der Waals surface area (Å²) in [7, 11) is 0. The van der Waals surface area contributed by atoms with Gasteiger partial charge in [-0.25, -0.2) is 9.37 Å². The maximum atomic E-state index is 13.2. The fourth-order valence-corrected chi connectivity index (χ4v) is 1.95. The number of rotatable bonds is 4. The first kappa shape index (κ1) is 11.1. The second-order valence-electron chi connectivity index (χ2n) is 3.80. The van der Waals surface area contributed by atoms with Gasteiger partial charge in [-0.2, -0.15) is 0 Å². The topological polar surface area (TPSA) is 43.8 Å². The molecule has 0 unspecified atom stereocenters. The van der Waals surface area contributed by atoms with Gasteiger partial charge in [-0.1, -0.05) is 0 Å². The van der Waals surface area contributed by atoms with Crippen molar-refractivity contribution in [3.05, 3.63) is 29.8 Å². The normalized spacial score (nSPS) is 11.2. The average molecular weight is 221 g/mol. The van der Waals surface area contributed by atoms with Crippen LogP contribution in [0.15, 0.2) is 18.2 Å². The Labute approximate surface area is 94.1 Å². The Kier molecular flexibility index (Phi) is 3.19. The molecule has 0 amide bonds. The number of aryl methyl sites for hydroxylation is 2. The molecule has 1 aromatic heterocycles. The minimum absolute atomic E-state index is 0.215. The van der Waals surface area contributed by atoms with E-state index in [-0.39, 0.29) is 5.82 Å². The molecule has 0 bridgehead atoms. The molecular weight excluding hydrogens is 205 g/mol. The van der Waals surface area contributed by atoms with Gasteiger partial charge in [0.15, 0.2) is 0 Å². The van der Waals surface area contributed by atoms with E-state index in [9.17, 15) is 4.39 Å². The summed E-state index contributed by atoms with van der Waals surface area (Å²) in [5.41, 5.74) is 7.22. The van der Waals surface area contributed by atoms with Crippen LogP contribution in [0, 0.1) is 5.82 Å². The number of benzene rings is 1. The molecule has 0 spiro atoms. The molecule has 0 radical (unpaired) electrons. The average Bonchev–Trinajstić information content (AvgIpc) is 2.63. The number of nitrogens with zero attached hydrogens (tertiary/aromatic N) is 2. The standard InChI is InChI=1S/C12H16FN3/c1-2-16-11-8-9(13)5-6-10(11)15-12(16)4-3-7-14/h5-6,8H,2-4,7,14H2,1H3. The molecule has 0 aliphatic heterocycles. The molecule has 2 aromatic rings. The van der Waals surface area contributed by atoms with Crippen LogP contribution in [0.1, 0.15) is 19.2 Å². The van der Waals surface area contributed by atoms with Gasteiger partial charge < -0.3 is 10.3 Å². The lowest BCUT2D eigenvalue weighted by Gasteiger charge is -2.04. The zero-order valence-corrected chi connectivity index (χ0v) is 9.41. The van der Waals surface area contributed by atoms with E-state index in [2.05, 4.69) is 4.98 Å². The zero-order chi connectivity index (χ0) is 11.5. The molecule has 0 aliphatic carbocycles. The maximum absolute atomic E-state index is 13.2. The molecule has 0 atom stereocenters. The van der Waals surface area contributed by atoms with Crippen molar-refractivity contribution < 1.29 is 4.39 Å². The number of nitrogens with two attached hydrogens (primary N) is 1. The summed E-state index contributed by atoms with van der Waals surface area (Å²) >= 11 is 0. The smallest absolute Gasteiger partial charge is 0.125 e. The van der Waals surface area contributed by atoms with Crippen molar-refractivity contribution >= 4 is 11.0 Å². The van der Waals surface area contributed by atoms with E-state index in [1.807, 2.05) is 11.5 Å². The summed E-state index contributed by atoms with van der Waals surface area (Å²) in [5, 5.41) is 0. The van der Waals surface area contributed by atoms with Crippen LogP contribution in [0.2, 0.25) is 0 Å². The van der Waals surface area contributed by atoms with Crippen LogP contribution in [0.3, 0.4) is 0 Å². The second-order valence-corrected chi connectivity index (χ2v) is 3.80. The number of aromatic nitrogens is 2. The van der Waals surface area contributed by atoms with Gasteiger partial charge in [0.25, 0.3) is 0 Å². The third-order valence-electron chi connectivity index (χ3n) is 2.71. The minimum Gasteiger partial charge on any atom is -0.330 e. The number of hydrogen-bond acceptors (Lipinski definition) is 2. The van der Waals surface area contributed by atoms with Gasteiger partial charge in [-0.05, 0) is 38.1 Å². The summed E-state index contributed by atoms with van der Waals surface area (Å²) in [4.78, 5) is 4.50. The summed E-state index contributed by atoms with van der Waals surface area (Å²) in [6.07, 6.45) is 1.76. The highest BCUT2D eigenvalue weighted by Gasteiger charge is 2.09. The first-order valence-corrected chi connectivity index (χ1v) is 5.61. The van der Waals surface area contributed by atoms with Gasteiger partial charge in [0.1, 0.15) is 11.6 Å². The van der Waals surface area contributed by atoms with E-state index in [0.29, 0.717) is 6.54 Å². The summed E-state index contributed by atoms with van der Waals surface area (Å²) in [6, 6.07) is 4.71. The Bertz CT molecular complexity index is 490. The molecular formula is C12H16FN3. The first-order valence-electron chi connectivity index (χ1n) is 5.61. The summed E-state index contributed by atoms with van der Waals surface area (Å²) < 4.78 is 15.2. The molecule has 0 aliphatic rings. The van der Waals surface area contributed by atoms with Gasteiger partial charge in [0, 0.05) is 13.0 Å². The van der Waals surface area contributed by atoms with E-state index in [1.165, 1.54) is 12.1 Å². The fourth-order valence-electron chi connectivity index (χ4n) is 1.95. The molecule has 1 aromatic carbocycles. The lowest BCUT2D eigenvalue weighted by molar-refractivity contribution is 0.627. The van der Waals surface area contributed by atoms with Crippen molar-refractivity contribution in [3.8, 4) is 0 Å². The third-order valence-corrected chi connectivity index (χ3v) is 2.71. The highest BCUT2D eigenvalue weighted by atomic mass is 19.1. The minimum atomic E-state index is -0.215. The van der Waals surface area contributed by atoms with Crippen LogP contribution in [-0.4, -0.2) is 16.1 Å². The third kappa shape index (κ3) is 1.93. The van der Waals surface area contributed by atoms with Crippen LogP contribution in [0.5, 0.6) is 0 Å². The van der Waals surface area contributed by atoms with Crippen molar-refractivity contribution in [1.82, 2.24) is 9.55 Å². The second kappa shape index (κ2) is 4.61. The highest BCUT2D eigenvalue weighted by molar-refractivity contribution is 5.76. The lowest BCUT2D eigenvalue weighted by atomic mass is 10.3. The Balaban J connectivity index is 2.49. The van der Waals surface area contributed by atoms with E-state index in [4.69, 9.17) is 5.73 Å². The SMILES string of the molecule is CCn1c(CCCN)nc2ccc(F)cc21. The largest absolute Gasteiger partial charge is 0.330 e. The Morgan fingerprint density at radius 2 is 2.25 bits per heavy atom. The van der Waals surface area contributed by atoms with Crippen molar-refractivity contribution in [3.63, 3.8) is 0 Å². The first-order chi connectivity index (χ1) is 7.76. The molecule has 3 nitrogen and oxygen atoms in total. The van der Waals surface area contributed by atoms with Crippen molar-refractivity contribution in [2.24, 2.45) is 5.73 Å². The quantitative estimate of drug-likeness (QED) is 0.859. The fraction of sp³-hybridized carbons (Fsp3) is 0.417. The zero-order valence-electron chi connectivity index (χ0n) is 9.41. The summed E-state index contributed by atoms with van der Waals surface area (Å²) in [5.74, 6) is 0.779. The van der Waals surface area contributed by atoms with Crippen LogP contribution in [0.25, 0.3) is 11.0 Å². The predicted octanol–water partition coefficient (Wildman–Crippen LogP) is 2.09. The van der Waals surface area contributed by atoms with Gasteiger partial charge >= 0.3 is 0 Å². The Morgan fingerprint density at radius 3 is 2.94 bits per heavy atom. The van der Waals surface area contributed by atoms with Gasteiger partial charge in [0.2, 0.25) is 0 Å². The monoisotopic (exact) mass is 221 g/mol. The van der Waals surface area contributed by atoms with E-state index < -0.39 is 0 Å². The van der Waals surface area contributed by atoms with Gasteiger partial charge in [-0.15, -0.1) is 0 Å². The summed E-state index contributed by atoms with van der Waals surface area (Å²) in [6.45, 7) is 3.50. The van der Waals surface area contributed by atoms with Crippen LogP contribution in [-0.2, 0) is 13.0 Å². The molecule has 2 rings (SSSR count). The number of halogens is 1. The molecule has 4 heteroatoms. The van der Waals surface area contributed by atoms with Crippen molar-refractivity contribution in [2.75, 3.05) is 6.54 Å². The molecule has 1 heterocycles. The van der Waals surface area contributed by atoms with Crippen molar-refractivity contribution in [1.29, 1.82) is 0 Å². The molecule has 0 fully saturated rings. The van der Waals surface area contributed by atoms with E-state index >= 15 is 0 Å². The number of fused-ring (bicyclic) bond motifs is 1. The lowest BCUT2D eigenvalue weighted by Crippen LogP contribution is -2.06. The van der Waals surface area contributed by atoms with Crippen LogP contribution < -0.4 is 5.73 Å². The van der Waals surface area contributed by atoms with Gasteiger partial charge in [-0.3, -0.25) is 0 Å².